The molecule has 2 aromatic rings. The van der Waals surface area contributed by atoms with Gasteiger partial charge in [-0.1, -0.05) is 0 Å². The van der Waals surface area contributed by atoms with E-state index in [1.54, 1.807) is 29.9 Å². The maximum Gasteiger partial charge on any atom is 0.226 e. The number of furan rings is 1. The molecule has 7 nitrogen and oxygen atoms in total. The zero-order valence-electron chi connectivity index (χ0n) is 13.2. The highest BCUT2D eigenvalue weighted by atomic mass is 16.5. The number of aliphatic hydroxyl groups is 1. The topological polar surface area (TPSA) is 89.5 Å². The van der Waals surface area contributed by atoms with Crippen molar-refractivity contribution in [1.29, 1.82) is 0 Å². The number of carbonyl (C=O) groups is 1. The van der Waals surface area contributed by atoms with Gasteiger partial charge in [0.05, 0.1) is 24.4 Å². The van der Waals surface area contributed by atoms with Gasteiger partial charge >= 0.3 is 0 Å². The Hall–Kier alpha value is -2.12. The molecule has 1 aliphatic heterocycles. The summed E-state index contributed by atoms with van der Waals surface area (Å²) >= 11 is 0. The average Bonchev–Trinajstić information content (AvgIpc) is 3.24. The molecule has 3 heterocycles. The first kappa shape index (κ1) is 15.8. The Morgan fingerprint density at radius 1 is 1.57 bits per heavy atom. The quantitative estimate of drug-likeness (QED) is 0.862. The van der Waals surface area contributed by atoms with E-state index in [0.717, 1.165) is 5.69 Å². The van der Waals surface area contributed by atoms with Crippen molar-refractivity contribution in [3.63, 3.8) is 0 Å². The molecule has 0 spiro atoms. The molecule has 1 saturated heterocycles. The van der Waals surface area contributed by atoms with E-state index >= 15 is 0 Å². The van der Waals surface area contributed by atoms with Crippen LogP contribution < -0.4 is 5.32 Å². The molecular weight excluding hydrogens is 298 g/mol. The van der Waals surface area contributed by atoms with Gasteiger partial charge in [-0.2, -0.15) is 5.10 Å². The Morgan fingerprint density at radius 2 is 2.39 bits per heavy atom. The van der Waals surface area contributed by atoms with Crippen molar-refractivity contribution in [2.75, 3.05) is 13.2 Å². The molecule has 124 valence electrons. The van der Waals surface area contributed by atoms with Gasteiger partial charge in [-0.3, -0.25) is 9.48 Å². The Morgan fingerprint density at radius 3 is 3.04 bits per heavy atom. The Bertz CT molecular complexity index is 663. The number of nitrogens with one attached hydrogen (secondary N) is 1. The van der Waals surface area contributed by atoms with Gasteiger partial charge < -0.3 is 19.6 Å². The number of rotatable bonds is 5. The Kier molecular flexibility index (Phi) is 4.23. The van der Waals surface area contributed by atoms with Gasteiger partial charge in [-0.05, 0) is 31.5 Å². The molecule has 3 atom stereocenters. The summed E-state index contributed by atoms with van der Waals surface area (Å²) in [6.07, 6.45) is 3.52. The van der Waals surface area contributed by atoms with Gasteiger partial charge in [0.15, 0.2) is 0 Å². The second-order valence-electron chi connectivity index (χ2n) is 6.04. The summed E-state index contributed by atoms with van der Waals surface area (Å²) in [5.74, 6) is -0.0120. The Labute approximate surface area is 134 Å². The molecule has 1 unspecified atom stereocenters. The molecule has 23 heavy (non-hydrogen) atoms. The zero-order chi connectivity index (χ0) is 16.4. The second kappa shape index (κ2) is 6.17. The second-order valence-corrected chi connectivity index (χ2v) is 6.04. The van der Waals surface area contributed by atoms with Gasteiger partial charge in [0, 0.05) is 19.9 Å². The molecule has 0 saturated carbocycles. The zero-order valence-corrected chi connectivity index (χ0v) is 13.2. The third kappa shape index (κ3) is 3.16. The minimum Gasteiger partial charge on any atom is -0.466 e. The average molecular weight is 319 g/mol. The van der Waals surface area contributed by atoms with Crippen LogP contribution in [-0.4, -0.2) is 33.9 Å². The van der Waals surface area contributed by atoms with E-state index in [1.165, 1.54) is 6.26 Å². The fourth-order valence-electron chi connectivity index (χ4n) is 2.88. The third-order valence-electron chi connectivity index (χ3n) is 4.24. The number of amides is 1. The highest BCUT2D eigenvalue weighted by molar-refractivity contribution is 5.79. The lowest BCUT2D eigenvalue weighted by Gasteiger charge is -2.23. The maximum atomic E-state index is 12.5. The standard InChI is InChI=1S/C16H21N3O4/c1-16(21,13-4-3-8-22-13)10-17-15(20)11-6-9-23-14(11)12-5-7-18-19(12)2/h3-5,7-8,11,14,21H,6,9-10H2,1-2H3,(H,17,20)/t11-,14-,16?/m1/s1. The summed E-state index contributed by atoms with van der Waals surface area (Å²) in [5.41, 5.74) is -0.374. The van der Waals surface area contributed by atoms with Crippen molar-refractivity contribution in [2.45, 2.75) is 25.0 Å². The van der Waals surface area contributed by atoms with E-state index in [4.69, 9.17) is 9.15 Å². The summed E-state index contributed by atoms with van der Waals surface area (Å²) in [7, 11) is 1.83. The van der Waals surface area contributed by atoms with Gasteiger partial charge in [0.1, 0.15) is 17.5 Å². The lowest BCUT2D eigenvalue weighted by molar-refractivity contribution is -0.128. The summed E-state index contributed by atoms with van der Waals surface area (Å²) in [4.78, 5) is 12.5. The number of hydrogen-bond acceptors (Lipinski definition) is 5. The van der Waals surface area contributed by atoms with Crippen LogP contribution in [0.3, 0.4) is 0 Å². The molecule has 0 bridgehead atoms. The van der Waals surface area contributed by atoms with Crippen molar-refractivity contribution in [2.24, 2.45) is 13.0 Å². The molecule has 7 heteroatoms. The first-order valence-electron chi connectivity index (χ1n) is 7.62. The van der Waals surface area contributed by atoms with Crippen molar-refractivity contribution >= 4 is 5.91 Å². The monoisotopic (exact) mass is 319 g/mol. The van der Waals surface area contributed by atoms with Crippen LogP contribution in [0.2, 0.25) is 0 Å². The van der Waals surface area contributed by atoms with Crippen LogP contribution in [0.25, 0.3) is 0 Å². The van der Waals surface area contributed by atoms with E-state index in [-0.39, 0.29) is 24.5 Å². The van der Waals surface area contributed by atoms with E-state index in [1.807, 2.05) is 13.1 Å². The van der Waals surface area contributed by atoms with Crippen LogP contribution in [0.1, 0.15) is 30.9 Å². The van der Waals surface area contributed by atoms with Crippen LogP contribution >= 0.6 is 0 Å². The highest BCUT2D eigenvalue weighted by Gasteiger charge is 2.37. The fourth-order valence-corrected chi connectivity index (χ4v) is 2.88. The first-order valence-corrected chi connectivity index (χ1v) is 7.62. The first-order chi connectivity index (χ1) is 11.0. The summed E-state index contributed by atoms with van der Waals surface area (Å²) in [6, 6.07) is 5.24. The largest absolute Gasteiger partial charge is 0.466 e. The number of aryl methyl sites for hydroxylation is 1. The van der Waals surface area contributed by atoms with E-state index in [0.29, 0.717) is 18.8 Å². The van der Waals surface area contributed by atoms with E-state index < -0.39 is 5.60 Å². The number of carbonyl (C=O) groups excluding carboxylic acids is 1. The van der Waals surface area contributed by atoms with Gasteiger partial charge in [0.2, 0.25) is 5.91 Å². The minimum absolute atomic E-state index is 0.0773. The van der Waals surface area contributed by atoms with Crippen LogP contribution in [-0.2, 0) is 22.2 Å². The number of aromatic nitrogens is 2. The van der Waals surface area contributed by atoms with Crippen LogP contribution in [0.15, 0.2) is 35.1 Å². The van der Waals surface area contributed by atoms with Gasteiger partial charge in [-0.15, -0.1) is 0 Å². The molecule has 1 fully saturated rings. The van der Waals surface area contributed by atoms with Crippen molar-refractivity contribution in [3.05, 3.63) is 42.1 Å². The van der Waals surface area contributed by atoms with Crippen LogP contribution in [0.4, 0.5) is 0 Å². The predicted octanol–water partition coefficient (Wildman–Crippen LogP) is 1.11. The Balaban J connectivity index is 1.65. The number of hydrogen-bond donors (Lipinski definition) is 2. The predicted molar refractivity (Wildman–Crippen MR) is 81.3 cm³/mol. The van der Waals surface area contributed by atoms with E-state index in [9.17, 15) is 9.90 Å². The molecule has 0 aliphatic carbocycles. The minimum atomic E-state index is -1.25. The number of ether oxygens (including phenoxy) is 1. The van der Waals surface area contributed by atoms with Crippen LogP contribution in [0.5, 0.6) is 0 Å². The fraction of sp³-hybridized carbons (Fsp3) is 0.500. The van der Waals surface area contributed by atoms with Gasteiger partial charge in [-0.25, -0.2) is 0 Å². The van der Waals surface area contributed by atoms with Crippen molar-refractivity contribution < 1.29 is 19.1 Å². The molecular formula is C16H21N3O4. The molecule has 0 aromatic carbocycles. The third-order valence-corrected chi connectivity index (χ3v) is 4.24. The molecule has 3 rings (SSSR count). The molecule has 1 aliphatic rings. The smallest absolute Gasteiger partial charge is 0.226 e. The van der Waals surface area contributed by atoms with Crippen molar-refractivity contribution in [1.82, 2.24) is 15.1 Å². The summed E-state index contributed by atoms with van der Waals surface area (Å²) < 4.78 is 12.6. The summed E-state index contributed by atoms with van der Waals surface area (Å²) in [6.45, 7) is 2.21. The number of nitrogens with zero attached hydrogens (tertiary/aromatic N) is 2. The lowest BCUT2D eigenvalue weighted by atomic mass is 9.97. The molecule has 1 amide bonds. The summed E-state index contributed by atoms with van der Waals surface area (Å²) in [5, 5.41) is 17.3. The van der Waals surface area contributed by atoms with Crippen LogP contribution in [0, 0.1) is 5.92 Å². The molecule has 0 radical (unpaired) electrons. The normalized spacial score (nSPS) is 23.6. The highest BCUT2D eigenvalue weighted by Crippen LogP contribution is 2.34. The maximum absolute atomic E-state index is 12.5. The SMILES string of the molecule is Cn1nccc1[C@@H]1OCC[C@H]1C(=O)NCC(C)(O)c1ccco1. The lowest BCUT2D eigenvalue weighted by Crippen LogP contribution is -2.41. The van der Waals surface area contributed by atoms with E-state index in [2.05, 4.69) is 10.4 Å². The molecule has 2 aromatic heterocycles. The van der Waals surface area contributed by atoms with Gasteiger partial charge in [0.25, 0.3) is 0 Å². The molecule has 2 N–H and O–H groups in total. The van der Waals surface area contributed by atoms with Crippen molar-refractivity contribution in [3.8, 4) is 0 Å².